The third-order valence-electron chi connectivity index (χ3n) is 6.78. The van der Waals surface area contributed by atoms with Gasteiger partial charge < -0.3 is 30.4 Å². The fourth-order valence-electron chi connectivity index (χ4n) is 4.71. The number of benzene rings is 1. The summed E-state index contributed by atoms with van der Waals surface area (Å²) < 4.78 is 10.9. The van der Waals surface area contributed by atoms with E-state index in [2.05, 4.69) is 35.8 Å². The Morgan fingerprint density at radius 1 is 1.26 bits per heavy atom. The number of amides is 1. The van der Waals surface area contributed by atoms with Crippen LogP contribution in [0.15, 0.2) is 24.4 Å². The largest absolute Gasteiger partial charge is 0.495 e. The fraction of sp³-hybridized carbons (Fsp3) is 0.480. The van der Waals surface area contributed by atoms with E-state index >= 15 is 0 Å². The topological polar surface area (TPSA) is 116 Å². The van der Waals surface area contributed by atoms with Crippen LogP contribution in [0.2, 0.25) is 0 Å². The molecule has 4 N–H and O–H groups in total. The number of piperidine rings is 1. The van der Waals surface area contributed by atoms with Crippen LogP contribution in [-0.4, -0.2) is 77.8 Å². The summed E-state index contributed by atoms with van der Waals surface area (Å²) in [4.78, 5) is 27.9. The van der Waals surface area contributed by atoms with E-state index in [1.807, 2.05) is 26.1 Å². The van der Waals surface area contributed by atoms with Crippen LogP contribution < -0.4 is 20.7 Å². The number of H-pyrrole nitrogens is 1. The normalized spacial score (nSPS) is 17.2. The molecule has 0 bridgehead atoms. The van der Waals surface area contributed by atoms with Gasteiger partial charge in [-0.1, -0.05) is 0 Å². The first kappa shape index (κ1) is 23.4. The molecule has 2 fully saturated rings. The zero-order valence-electron chi connectivity index (χ0n) is 20.5. The Morgan fingerprint density at radius 2 is 2.06 bits per heavy atom. The SMILES string of the molecule is CCNc1nc(Nc2ccc(C(=O)NC3CCN(C4COC4)CC3)cc2OC)nc2[nH]cc(C)c12. The molecular weight excluding hydrogens is 446 g/mol. The van der Waals surface area contributed by atoms with Crippen LogP contribution in [0.5, 0.6) is 5.75 Å². The lowest BCUT2D eigenvalue weighted by atomic mass is 10.0. The Bertz CT molecular complexity index is 1200. The summed E-state index contributed by atoms with van der Waals surface area (Å²) >= 11 is 0. The molecule has 2 aliphatic rings. The summed E-state index contributed by atoms with van der Waals surface area (Å²) in [6.45, 7) is 8.44. The number of likely N-dealkylation sites (tertiary alicyclic amines) is 1. The molecule has 1 aromatic carbocycles. The second-order valence-corrected chi connectivity index (χ2v) is 9.14. The Balaban J connectivity index is 1.27. The molecule has 4 heterocycles. The quantitative estimate of drug-likeness (QED) is 0.390. The number of rotatable bonds is 8. The highest BCUT2D eigenvalue weighted by atomic mass is 16.5. The third kappa shape index (κ3) is 4.89. The molecule has 0 atom stereocenters. The monoisotopic (exact) mass is 479 g/mol. The van der Waals surface area contributed by atoms with Gasteiger partial charge in [-0.3, -0.25) is 9.69 Å². The van der Waals surface area contributed by atoms with Crippen LogP contribution in [0.3, 0.4) is 0 Å². The van der Waals surface area contributed by atoms with Gasteiger partial charge in [0.2, 0.25) is 5.95 Å². The molecule has 10 nitrogen and oxygen atoms in total. The van der Waals surface area contributed by atoms with Gasteiger partial charge in [-0.05, 0) is 50.5 Å². The van der Waals surface area contributed by atoms with Gasteiger partial charge in [-0.25, -0.2) is 0 Å². The minimum absolute atomic E-state index is 0.0887. The summed E-state index contributed by atoms with van der Waals surface area (Å²) in [5.41, 5.74) is 3.08. The average molecular weight is 480 g/mol. The van der Waals surface area contributed by atoms with Crippen molar-refractivity contribution >= 4 is 34.4 Å². The molecule has 3 aromatic rings. The molecule has 0 aliphatic carbocycles. The van der Waals surface area contributed by atoms with E-state index in [9.17, 15) is 4.79 Å². The standard InChI is InChI=1S/C25H33N7O3/c1-4-26-22-21-15(2)12-27-23(21)31-25(30-22)29-19-6-5-16(11-20(19)34-3)24(33)28-17-7-9-32(10-8-17)18-13-35-14-18/h5-6,11-12,17-18H,4,7-10,13-14H2,1-3H3,(H,28,33)(H3,26,27,29,30,31). The van der Waals surface area contributed by atoms with E-state index in [0.29, 0.717) is 29.0 Å². The molecule has 0 radical (unpaired) electrons. The molecule has 10 heteroatoms. The zero-order chi connectivity index (χ0) is 24.4. The number of hydrogen-bond donors (Lipinski definition) is 4. The van der Waals surface area contributed by atoms with Crippen molar-refractivity contribution < 1.29 is 14.3 Å². The maximum Gasteiger partial charge on any atom is 0.251 e. The minimum Gasteiger partial charge on any atom is -0.495 e. The van der Waals surface area contributed by atoms with Gasteiger partial charge in [0.25, 0.3) is 5.91 Å². The first-order chi connectivity index (χ1) is 17.1. The Kier molecular flexibility index (Phi) is 6.74. The van der Waals surface area contributed by atoms with Crippen LogP contribution >= 0.6 is 0 Å². The van der Waals surface area contributed by atoms with Gasteiger partial charge in [0.15, 0.2) is 0 Å². The van der Waals surface area contributed by atoms with Crippen molar-refractivity contribution in [2.45, 2.75) is 38.8 Å². The third-order valence-corrected chi connectivity index (χ3v) is 6.78. The average Bonchev–Trinajstić information content (AvgIpc) is 3.20. The Hall–Kier alpha value is -3.37. The summed E-state index contributed by atoms with van der Waals surface area (Å²) in [7, 11) is 1.59. The lowest BCUT2D eigenvalue weighted by molar-refractivity contribution is -0.0716. The van der Waals surface area contributed by atoms with E-state index in [4.69, 9.17) is 9.47 Å². The van der Waals surface area contributed by atoms with E-state index in [0.717, 1.165) is 68.1 Å². The number of carbonyl (C=O) groups is 1. The summed E-state index contributed by atoms with van der Waals surface area (Å²) in [5, 5.41) is 10.7. The predicted octanol–water partition coefficient (Wildman–Crippen LogP) is 3.04. The highest BCUT2D eigenvalue weighted by molar-refractivity contribution is 5.96. The zero-order valence-corrected chi connectivity index (χ0v) is 20.5. The number of fused-ring (bicyclic) bond motifs is 1. The second-order valence-electron chi connectivity index (χ2n) is 9.14. The van der Waals surface area contributed by atoms with E-state index in [-0.39, 0.29) is 11.9 Å². The van der Waals surface area contributed by atoms with E-state index in [1.54, 1.807) is 19.2 Å². The van der Waals surface area contributed by atoms with Crippen LogP contribution in [0.4, 0.5) is 17.5 Å². The maximum absolute atomic E-state index is 12.9. The first-order valence-corrected chi connectivity index (χ1v) is 12.2. The number of anilines is 3. The van der Waals surface area contributed by atoms with E-state index < -0.39 is 0 Å². The minimum atomic E-state index is -0.0887. The molecular formula is C25H33N7O3. The first-order valence-electron chi connectivity index (χ1n) is 12.2. The molecule has 2 aliphatic heterocycles. The van der Waals surface area contributed by atoms with Crippen molar-refractivity contribution in [3.63, 3.8) is 0 Å². The number of nitrogens with zero attached hydrogens (tertiary/aromatic N) is 3. The second kappa shape index (κ2) is 10.1. The fourth-order valence-corrected chi connectivity index (χ4v) is 4.71. The number of aryl methyl sites for hydroxylation is 1. The van der Waals surface area contributed by atoms with Gasteiger partial charge in [0, 0.05) is 37.4 Å². The Labute approximate surface area is 204 Å². The van der Waals surface area contributed by atoms with Gasteiger partial charge in [0.05, 0.1) is 37.4 Å². The highest BCUT2D eigenvalue weighted by Gasteiger charge is 2.30. The number of carbonyl (C=O) groups excluding carboxylic acids is 1. The number of aromatic amines is 1. The van der Waals surface area contributed by atoms with Crippen molar-refractivity contribution in [3.05, 3.63) is 35.5 Å². The lowest BCUT2D eigenvalue weighted by Crippen LogP contribution is -2.54. The predicted molar refractivity (Wildman–Crippen MR) is 136 cm³/mol. The van der Waals surface area contributed by atoms with Crippen LogP contribution in [0.25, 0.3) is 11.0 Å². The number of nitrogens with one attached hydrogen (secondary N) is 4. The van der Waals surface area contributed by atoms with Crippen molar-refractivity contribution in [3.8, 4) is 5.75 Å². The summed E-state index contributed by atoms with van der Waals surface area (Å²) in [5.74, 6) is 1.67. The molecule has 5 rings (SSSR count). The van der Waals surface area contributed by atoms with E-state index in [1.165, 1.54) is 0 Å². The molecule has 2 aromatic heterocycles. The van der Waals surface area contributed by atoms with Crippen molar-refractivity contribution in [2.75, 3.05) is 50.6 Å². The smallest absolute Gasteiger partial charge is 0.251 e. The molecule has 0 unspecified atom stereocenters. The molecule has 0 spiro atoms. The van der Waals surface area contributed by atoms with Crippen LogP contribution in [0, 0.1) is 6.92 Å². The number of methoxy groups -OCH3 is 1. The molecule has 35 heavy (non-hydrogen) atoms. The van der Waals surface area contributed by atoms with Gasteiger partial charge in [-0.15, -0.1) is 0 Å². The van der Waals surface area contributed by atoms with Crippen molar-refractivity contribution in [1.29, 1.82) is 0 Å². The van der Waals surface area contributed by atoms with Crippen molar-refractivity contribution in [2.24, 2.45) is 0 Å². The number of hydrogen-bond acceptors (Lipinski definition) is 8. The number of aromatic nitrogens is 3. The molecule has 0 saturated carbocycles. The van der Waals surface area contributed by atoms with Gasteiger partial charge >= 0.3 is 0 Å². The lowest BCUT2D eigenvalue weighted by Gasteiger charge is -2.41. The van der Waals surface area contributed by atoms with Gasteiger partial charge in [-0.2, -0.15) is 9.97 Å². The van der Waals surface area contributed by atoms with Crippen LogP contribution in [-0.2, 0) is 4.74 Å². The maximum atomic E-state index is 12.9. The van der Waals surface area contributed by atoms with Gasteiger partial charge in [0.1, 0.15) is 17.2 Å². The van der Waals surface area contributed by atoms with Crippen molar-refractivity contribution in [1.82, 2.24) is 25.2 Å². The summed E-state index contributed by atoms with van der Waals surface area (Å²) in [6.07, 6.45) is 3.82. The molecule has 1 amide bonds. The summed E-state index contributed by atoms with van der Waals surface area (Å²) in [6, 6.07) is 6.10. The van der Waals surface area contributed by atoms with Crippen LogP contribution in [0.1, 0.15) is 35.7 Å². The highest BCUT2D eigenvalue weighted by Crippen LogP contribution is 2.30. The molecule has 186 valence electrons. The Morgan fingerprint density at radius 3 is 2.74 bits per heavy atom. The number of ether oxygens (including phenoxy) is 2. The molecule has 2 saturated heterocycles.